The van der Waals surface area contributed by atoms with Crippen molar-refractivity contribution in [3.8, 4) is 0 Å². The summed E-state index contributed by atoms with van der Waals surface area (Å²) in [7, 11) is 1.33. The zero-order chi connectivity index (χ0) is 18.0. The van der Waals surface area contributed by atoms with Gasteiger partial charge in [0.15, 0.2) is 5.70 Å². The first-order valence-corrected chi connectivity index (χ1v) is 7.76. The molecule has 0 atom stereocenters. The summed E-state index contributed by atoms with van der Waals surface area (Å²) in [5.74, 6) is -0.602. The van der Waals surface area contributed by atoms with E-state index in [1.165, 1.54) is 7.11 Å². The van der Waals surface area contributed by atoms with Crippen LogP contribution in [0, 0.1) is 13.8 Å². The van der Waals surface area contributed by atoms with Crippen molar-refractivity contribution in [3.63, 3.8) is 0 Å². The molecule has 0 fully saturated rings. The predicted octanol–water partition coefficient (Wildman–Crippen LogP) is 3.43. The molecule has 0 aromatic heterocycles. The van der Waals surface area contributed by atoms with Gasteiger partial charge in [0.05, 0.1) is 12.7 Å². The molecule has 0 spiro atoms. The fourth-order valence-corrected chi connectivity index (χ4v) is 2.62. The lowest BCUT2D eigenvalue weighted by Crippen LogP contribution is -2.06. The molecule has 126 valence electrons. The van der Waals surface area contributed by atoms with Gasteiger partial charge in [0.2, 0.25) is 5.90 Å². The second-order valence-corrected chi connectivity index (χ2v) is 5.83. The van der Waals surface area contributed by atoms with Crippen molar-refractivity contribution in [2.75, 3.05) is 7.11 Å². The van der Waals surface area contributed by atoms with Crippen LogP contribution in [0.2, 0.25) is 0 Å². The van der Waals surface area contributed by atoms with Gasteiger partial charge in [0, 0.05) is 5.56 Å². The van der Waals surface area contributed by atoms with Crippen LogP contribution in [0.4, 0.5) is 0 Å². The van der Waals surface area contributed by atoms with Gasteiger partial charge < -0.3 is 9.47 Å². The van der Waals surface area contributed by atoms with Gasteiger partial charge in [-0.25, -0.2) is 14.6 Å². The van der Waals surface area contributed by atoms with Crippen molar-refractivity contribution in [2.45, 2.75) is 13.8 Å². The van der Waals surface area contributed by atoms with Gasteiger partial charge in [-0.3, -0.25) is 0 Å². The Bertz CT molecular complexity index is 888. The normalized spacial score (nSPS) is 15.1. The molecule has 5 heteroatoms. The van der Waals surface area contributed by atoms with Crippen molar-refractivity contribution >= 4 is 23.9 Å². The molecule has 1 aliphatic rings. The number of ether oxygens (including phenoxy) is 2. The number of nitrogens with zero attached hydrogens (tertiary/aromatic N) is 1. The van der Waals surface area contributed by atoms with Gasteiger partial charge in [0.25, 0.3) is 0 Å². The number of cyclic esters (lactones) is 1. The Morgan fingerprint density at radius 1 is 1.08 bits per heavy atom. The first kappa shape index (κ1) is 16.6. The number of aliphatic imine (C=N–C) groups is 1. The number of methoxy groups -OCH3 is 1. The van der Waals surface area contributed by atoms with Crippen LogP contribution < -0.4 is 0 Å². The zero-order valence-electron chi connectivity index (χ0n) is 14.2. The van der Waals surface area contributed by atoms with Crippen LogP contribution in [0.25, 0.3) is 6.08 Å². The summed E-state index contributed by atoms with van der Waals surface area (Å²) in [5.41, 5.74) is 4.33. The van der Waals surface area contributed by atoms with Crippen LogP contribution in [0.3, 0.4) is 0 Å². The van der Waals surface area contributed by atoms with E-state index in [1.54, 1.807) is 30.3 Å². The Morgan fingerprint density at radius 3 is 2.32 bits per heavy atom. The number of esters is 2. The summed E-state index contributed by atoms with van der Waals surface area (Å²) in [4.78, 5) is 27.8. The first-order chi connectivity index (χ1) is 12.0. The molecule has 1 aliphatic heterocycles. The Kier molecular flexibility index (Phi) is 4.48. The second kappa shape index (κ2) is 6.73. The molecule has 25 heavy (non-hydrogen) atoms. The third-order valence-electron chi connectivity index (χ3n) is 3.72. The maximum Gasteiger partial charge on any atom is 0.363 e. The van der Waals surface area contributed by atoms with Crippen LogP contribution in [0.1, 0.15) is 32.6 Å². The first-order valence-electron chi connectivity index (χ1n) is 7.76. The fourth-order valence-electron chi connectivity index (χ4n) is 2.62. The van der Waals surface area contributed by atoms with Gasteiger partial charge in [0.1, 0.15) is 0 Å². The average molecular weight is 335 g/mol. The summed E-state index contributed by atoms with van der Waals surface area (Å²) in [5, 5.41) is 0. The smallest absolute Gasteiger partial charge is 0.363 e. The van der Waals surface area contributed by atoms with E-state index in [0.29, 0.717) is 11.5 Å². The number of hydrogen-bond acceptors (Lipinski definition) is 5. The molecule has 0 saturated heterocycles. The number of rotatable bonds is 3. The molecule has 3 rings (SSSR count). The minimum absolute atomic E-state index is 0.222. The molecule has 0 saturated carbocycles. The Hall–Kier alpha value is -3.21. The van der Waals surface area contributed by atoms with Crippen LogP contribution in [-0.2, 0) is 14.3 Å². The van der Waals surface area contributed by atoms with Gasteiger partial charge in [-0.1, -0.05) is 29.3 Å². The van der Waals surface area contributed by atoms with Crippen LogP contribution >= 0.6 is 0 Å². The number of carbonyl (C=O) groups excluding carboxylic acids is 2. The van der Waals surface area contributed by atoms with E-state index in [9.17, 15) is 9.59 Å². The highest BCUT2D eigenvalue weighted by atomic mass is 16.6. The highest BCUT2D eigenvalue weighted by Gasteiger charge is 2.24. The van der Waals surface area contributed by atoms with E-state index in [1.807, 2.05) is 32.0 Å². The lowest BCUT2D eigenvalue weighted by molar-refractivity contribution is -0.129. The molecule has 0 radical (unpaired) electrons. The van der Waals surface area contributed by atoms with Crippen LogP contribution in [0.5, 0.6) is 0 Å². The van der Waals surface area contributed by atoms with Crippen molar-refractivity contribution in [3.05, 3.63) is 76.0 Å². The van der Waals surface area contributed by atoms with E-state index in [2.05, 4.69) is 9.73 Å². The molecular weight excluding hydrogens is 318 g/mol. The largest absolute Gasteiger partial charge is 0.465 e. The summed E-state index contributed by atoms with van der Waals surface area (Å²) >= 11 is 0. The Balaban J connectivity index is 1.89. The molecule has 5 nitrogen and oxygen atoms in total. The number of carbonyl (C=O) groups is 2. The summed E-state index contributed by atoms with van der Waals surface area (Å²) in [6, 6.07) is 12.6. The van der Waals surface area contributed by atoms with E-state index >= 15 is 0 Å². The summed E-state index contributed by atoms with van der Waals surface area (Å²) in [6.07, 6.45) is 1.62. The third-order valence-corrected chi connectivity index (χ3v) is 3.72. The predicted molar refractivity (Wildman–Crippen MR) is 94.3 cm³/mol. The van der Waals surface area contributed by atoms with E-state index in [4.69, 9.17) is 4.74 Å². The molecule has 0 bridgehead atoms. The fraction of sp³-hybridized carbons (Fsp3) is 0.150. The molecule has 0 unspecified atom stereocenters. The van der Waals surface area contributed by atoms with E-state index in [-0.39, 0.29) is 5.70 Å². The average Bonchev–Trinajstić information content (AvgIpc) is 2.95. The Morgan fingerprint density at radius 2 is 1.72 bits per heavy atom. The molecule has 1 heterocycles. The minimum atomic E-state index is -0.494. The van der Waals surface area contributed by atoms with E-state index in [0.717, 1.165) is 22.3 Å². The lowest BCUT2D eigenvalue weighted by atomic mass is 10.1. The lowest BCUT2D eigenvalue weighted by Gasteiger charge is -2.03. The third kappa shape index (κ3) is 3.66. The SMILES string of the molecule is COC(=O)c1ccc(/C=C2/N=C(c3cc(C)cc(C)c3)OC2=O)cc1. The standard InChI is InChI=1S/C20H17NO4/c1-12-8-13(2)10-16(9-12)18-21-17(20(23)25-18)11-14-4-6-15(7-5-14)19(22)24-3/h4-11H,1-3H3/b17-11+. The van der Waals surface area contributed by atoms with Crippen molar-refractivity contribution in [1.29, 1.82) is 0 Å². The van der Waals surface area contributed by atoms with Gasteiger partial charge in [-0.15, -0.1) is 0 Å². The Labute approximate surface area is 145 Å². The molecule has 2 aromatic rings. The number of benzene rings is 2. The van der Waals surface area contributed by atoms with Crippen molar-refractivity contribution in [2.24, 2.45) is 4.99 Å². The topological polar surface area (TPSA) is 65.0 Å². The zero-order valence-corrected chi connectivity index (χ0v) is 14.2. The molecule has 0 amide bonds. The summed E-state index contributed by atoms with van der Waals surface area (Å²) in [6.45, 7) is 3.96. The highest BCUT2D eigenvalue weighted by molar-refractivity contribution is 6.13. The quantitative estimate of drug-likeness (QED) is 0.637. The van der Waals surface area contributed by atoms with Crippen LogP contribution in [-0.4, -0.2) is 24.9 Å². The van der Waals surface area contributed by atoms with Gasteiger partial charge in [-0.2, -0.15) is 0 Å². The molecule has 0 N–H and O–H groups in total. The van der Waals surface area contributed by atoms with Gasteiger partial charge >= 0.3 is 11.9 Å². The van der Waals surface area contributed by atoms with Crippen molar-refractivity contribution < 1.29 is 19.1 Å². The molecule has 2 aromatic carbocycles. The number of hydrogen-bond donors (Lipinski definition) is 0. The second-order valence-electron chi connectivity index (χ2n) is 5.83. The van der Waals surface area contributed by atoms with E-state index < -0.39 is 11.9 Å². The maximum absolute atomic E-state index is 12.1. The van der Waals surface area contributed by atoms with Crippen molar-refractivity contribution in [1.82, 2.24) is 0 Å². The van der Waals surface area contributed by atoms with Gasteiger partial charge in [-0.05, 0) is 49.8 Å². The molecular formula is C20H17NO4. The van der Waals surface area contributed by atoms with Crippen LogP contribution in [0.15, 0.2) is 53.2 Å². The monoisotopic (exact) mass is 335 g/mol. The summed E-state index contributed by atoms with van der Waals surface area (Å²) < 4.78 is 9.95. The number of aryl methyl sites for hydroxylation is 2. The highest BCUT2D eigenvalue weighted by Crippen LogP contribution is 2.21. The minimum Gasteiger partial charge on any atom is -0.465 e. The molecule has 0 aliphatic carbocycles. The maximum atomic E-state index is 12.1.